The summed E-state index contributed by atoms with van der Waals surface area (Å²) < 4.78 is 59.3. The predicted octanol–water partition coefficient (Wildman–Crippen LogP) is 5.52. The fourth-order valence-electron chi connectivity index (χ4n) is 4.28. The van der Waals surface area contributed by atoms with E-state index in [1.807, 2.05) is 0 Å². The van der Waals surface area contributed by atoms with Crippen LogP contribution in [0.15, 0.2) is 54.7 Å². The van der Waals surface area contributed by atoms with Gasteiger partial charge in [-0.2, -0.15) is 13.2 Å². The molecule has 0 saturated carbocycles. The molecule has 2 aromatic carbocycles. The maximum absolute atomic E-state index is 13.3. The summed E-state index contributed by atoms with van der Waals surface area (Å²) in [7, 11) is 0. The van der Waals surface area contributed by atoms with Gasteiger partial charge >= 0.3 is 6.18 Å². The Bertz CT molecular complexity index is 1030. The van der Waals surface area contributed by atoms with E-state index in [0.29, 0.717) is 23.1 Å². The lowest BCUT2D eigenvalue weighted by Gasteiger charge is -2.37. The Morgan fingerprint density at radius 1 is 1.03 bits per heavy atom. The Hall–Kier alpha value is -2.51. The fourth-order valence-corrected chi connectivity index (χ4v) is 4.28. The normalized spacial score (nSPS) is 16.5. The van der Waals surface area contributed by atoms with Gasteiger partial charge in [-0.1, -0.05) is 18.2 Å². The van der Waals surface area contributed by atoms with Crippen LogP contribution < -0.4 is 5.32 Å². The van der Waals surface area contributed by atoms with E-state index in [1.165, 1.54) is 12.1 Å². The molecular weight excluding hydrogens is 408 g/mol. The van der Waals surface area contributed by atoms with Gasteiger partial charge in [-0.15, -0.1) is 0 Å². The van der Waals surface area contributed by atoms with Crippen LogP contribution in [0.25, 0.3) is 10.9 Å². The zero-order valence-electron chi connectivity index (χ0n) is 17.0. The molecule has 3 nitrogen and oxygen atoms in total. The molecule has 0 amide bonds. The number of hydrogen-bond donors (Lipinski definition) is 1. The summed E-state index contributed by atoms with van der Waals surface area (Å²) in [6, 6.07) is 12.0. The number of benzene rings is 2. The molecule has 164 valence electrons. The SMILES string of the molecule is Fc1ccc(CC2(COCc3cc(C(F)(F)F)cc4cccnc34)CCNCC2)cc1. The molecule has 0 unspecified atom stereocenters. The summed E-state index contributed by atoms with van der Waals surface area (Å²) in [6.45, 7) is 2.16. The van der Waals surface area contributed by atoms with Gasteiger partial charge in [0, 0.05) is 22.6 Å². The number of fused-ring (bicyclic) bond motifs is 1. The number of hydrogen-bond acceptors (Lipinski definition) is 3. The zero-order chi connectivity index (χ0) is 21.9. The molecule has 1 aromatic heterocycles. The Morgan fingerprint density at radius 3 is 2.48 bits per heavy atom. The van der Waals surface area contributed by atoms with Crippen LogP contribution in [0.2, 0.25) is 0 Å². The molecule has 1 aliphatic heterocycles. The minimum absolute atomic E-state index is 0.0516. The Morgan fingerprint density at radius 2 is 1.77 bits per heavy atom. The molecule has 0 aliphatic carbocycles. The monoisotopic (exact) mass is 432 g/mol. The molecule has 7 heteroatoms. The van der Waals surface area contributed by atoms with Crippen LogP contribution in [0, 0.1) is 11.2 Å². The second kappa shape index (κ2) is 8.93. The molecule has 1 saturated heterocycles. The smallest absolute Gasteiger partial charge is 0.376 e. The fraction of sp³-hybridized carbons (Fsp3) is 0.375. The molecule has 1 aliphatic rings. The lowest BCUT2D eigenvalue weighted by molar-refractivity contribution is -0.137. The maximum Gasteiger partial charge on any atom is 0.416 e. The maximum atomic E-state index is 13.3. The van der Waals surface area contributed by atoms with Crippen LogP contribution in [-0.4, -0.2) is 24.7 Å². The second-order valence-corrected chi connectivity index (χ2v) is 8.25. The molecular formula is C24H24F4N2O. The number of nitrogens with one attached hydrogen (secondary N) is 1. The summed E-state index contributed by atoms with van der Waals surface area (Å²) in [6.07, 6.45) is -0.367. The van der Waals surface area contributed by atoms with Crippen molar-refractivity contribution < 1.29 is 22.3 Å². The molecule has 1 fully saturated rings. The highest BCUT2D eigenvalue weighted by Crippen LogP contribution is 2.35. The Balaban J connectivity index is 1.53. The van der Waals surface area contributed by atoms with Gasteiger partial charge in [0.2, 0.25) is 0 Å². The third kappa shape index (κ3) is 5.22. The van der Waals surface area contributed by atoms with Gasteiger partial charge < -0.3 is 10.1 Å². The summed E-state index contributed by atoms with van der Waals surface area (Å²) in [5.74, 6) is -0.275. The van der Waals surface area contributed by atoms with Crippen molar-refractivity contribution in [3.63, 3.8) is 0 Å². The summed E-state index contributed by atoms with van der Waals surface area (Å²) in [5.41, 5.74) is 1.13. The van der Waals surface area contributed by atoms with E-state index in [0.717, 1.165) is 50.0 Å². The molecule has 3 aromatic rings. The molecule has 0 radical (unpaired) electrons. The van der Waals surface area contributed by atoms with Gasteiger partial charge in [-0.25, -0.2) is 4.39 Å². The van der Waals surface area contributed by atoms with Gasteiger partial charge in [-0.05, 0) is 68.2 Å². The molecule has 31 heavy (non-hydrogen) atoms. The highest BCUT2D eigenvalue weighted by atomic mass is 19.4. The minimum atomic E-state index is -4.43. The van der Waals surface area contributed by atoms with E-state index in [9.17, 15) is 17.6 Å². The number of pyridine rings is 1. The minimum Gasteiger partial charge on any atom is -0.376 e. The lowest BCUT2D eigenvalue weighted by atomic mass is 9.75. The van der Waals surface area contributed by atoms with Crippen LogP contribution in [0.3, 0.4) is 0 Å². The first-order valence-corrected chi connectivity index (χ1v) is 10.3. The van der Waals surface area contributed by atoms with Gasteiger partial charge in [0.1, 0.15) is 5.82 Å². The highest BCUT2D eigenvalue weighted by Gasteiger charge is 2.34. The van der Waals surface area contributed by atoms with Crippen LogP contribution in [0.4, 0.5) is 17.6 Å². The molecule has 4 rings (SSSR count). The van der Waals surface area contributed by atoms with Crippen LogP contribution >= 0.6 is 0 Å². The van der Waals surface area contributed by atoms with E-state index >= 15 is 0 Å². The zero-order valence-corrected chi connectivity index (χ0v) is 17.0. The molecule has 0 atom stereocenters. The highest BCUT2D eigenvalue weighted by molar-refractivity contribution is 5.82. The van der Waals surface area contributed by atoms with E-state index in [-0.39, 0.29) is 17.8 Å². The van der Waals surface area contributed by atoms with Crippen molar-refractivity contribution in [3.05, 3.63) is 77.2 Å². The lowest BCUT2D eigenvalue weighted by Crippen LogP contribution is -2.41. The number of alkyl halides is 3. The molecule has 0 bridgehead atoms. The predicted molar refractivity (Wildman–Crippen MR) is 111 cm³/mol. The average molecular weight is 432 g/mol. The van der Waals surface area contributed by atoms with E-state index < -0.39 is 11.7 Å². The second-order valence-electron chi connectivity index (χ2n) is 8.25. The van der Waals surface area contributed by atoms with Crippen molar-refractivity contribution in [1.29, 1.82) is 0 Å². The summed E-state index contributed by atoms with van der Waals surface area (Å²) >= 11 is 0. The van der Waals surface area contributed by atoms with Gasteiger partial charge in [0.25, 0.3) is 0 Å². The van der Waals surface area contributed by atoms with E-state index in [2.05, 4.69) is 10.3 Å². The molecule has 0 spiro atoms. The largest absolute Gasteiger partial charge is 0.416 e. The van der Waals surface area contributed by atoms with Crippen LogP contribution in [0.1, 0.15) is 29.5 Å². The Kier molecular flexibility index (Phi) is 6.25. The topological polar surface area (TPSA) is 34.1 Å². The average Bonchev–Trinajstić information content (AvgIpc) is 2.75. The number of nitrogens with zero attached hydrogens (tertiary/aromatic N) is 1. The first kappa shape index (κ1) is 21.7. The van der Waals surface area contributed by atoms with Crippen molar-refractivity contribution in [2.45, 2.75) is 32.0 Å². The quantitative estimate of drug-likeness (QED) is 0.521. The number of aromatic nitrogens is 1. The van der Waals surface area contributed by atoms with Gasteiger partial charge in [0.05, 0.1) is 24.3 Å². The summed E-state index contributed by atoms with van der Waals surface area (Å²) in [5, 5.41) is 3.78. The van der Waals surface area contributed by atoms with Crippen LogP contribution in [0.5, 0.6) is 0 Å². The van der Waals surface area contributed by atoms with Crippen molar-refractivity contribution >= 4 is 10.9 Å². The standard InChI is InChI=1S/C24H24F4N2O/c25-21-5-3-17(4-6-21)14-23(7-10-29-11-8-23)16-31-15-19-13-20(24(26,27)28)12-18-2-1-9-30-22(18)19/h1-6,9,12-13,29H,7-8,10-11,14-16H2. The van der Waals surface area contributed by atoms with Crippen LogP contribution in [-0.2, 0) is 23.9 Å². The van der Waals surface area contributed by atoms with Crippen molar-refractivity contribution in [3.8, 4) is 0 Å². The number of rotatable bonds is 6. The van der Waals surface area contributed by atoms with Gasteiger partial charge in [0.15, 0.2) is 0 Å². The number of ether oxygens (including phenoxy) is 1. The molecule has 2 heterocycles. The third-order valence-electron chi connectivity index (χ3n) is 5.93. The van der Waals surface area contributed by atoms with Crippen molar-refractivity contribution in [2.24, 2.45) is 5.41 Å². The van der Waals surface area contributed by atoms with Crippen molar-refractivity contribution in [1.82, 2.24) is 10.3 Å². The molecule has 1 N–H and O–H groups in total. The number of halogens is 4. The van der Waals surface area contributed by atoms with Gasteiger partial charge in [-0.3, -0.25) is 4.98 Å². The third-order valence-corrected chi connectivity index (χ3v) is 5.93. The Labute approximate surface area is 178 Å². The number of piperidine rings is 1. The van der Waals surface area contributed by atoms with E-state index in [4.69, 9.17) is 4.74 Å². The van der Waals surface area contributed by atoms with E-state index in [1.54, 1.807) is 30.5 Å². The van der Waals surface area contributed by atoms with Crippen molar-refractivity contribution in [2.75, 3.05) is 19.7 Å². The first-order valence-electron chi connectivity index (χ1n) is 10.3. The first-order chi connectivity index (χ1) is 14.8. The summed E-state index contributed by atoms with van der Waals surface area (Å²) in [4.78, 5) is 4.27.